The maximum atomic E-state index is 12.6. The third-order valence-electron chi connectivity index (χ3n) is 4.17. The van der Waals surface area contributed by atoms with E-state index in [9.17, 15) is 14.7 Å². The molecule has 1 atom stereocenters. The Balaban J connectivity index is 1.85. The second-order valence-electron chi connectivity index (χ2n) is 5.78. The van der Waals surface area contributed by atoms with E-state index in [0.717, 1.165) is 6.42 Å². The van der Waals surface area contributed by atoms with Gasteiger partial charge in [-0.25, -0.2) is 14.8 Å². The smallest absolute Gasteiger partial charge is 0.407 e. The molecule has 0 aliphatic carbocycles. The standard InChI is InChI=1S/C14H14N6O4S/c1-6-15-9(18-24-6)10-17-12-8(13(21)19(10)2)16-11(25-12)7-4-3-5-20(7)14(22)23/h7H,3-5H2,1-2H3,(H,22,23)/t7-/m1/s1. The zero-order chi connectivity index (χ0) is 17.7. The van der Waals surface area contributed by atoms with Crippen molar-refractivity contribution in [2.75, 3.05) is 6.54 Å². The minimum Gasteiger partial charge on any atom is -0.465 e. The van der Waals surface area contributed by atoms with Gasteiger partial charge in [-0.3, -0.25) is 14.3 Å². The van der Waals surface area contributed by atoms with Gasteiger partial charge < -0.3 is 9.63 Å². The lowest BCUT2D eigenvalue weighted by atomic mass is 10.2. The van der Waals surface area contributed by atoms with Crippen LogP contribution in [0, 0.1) is 6.92 Å². The van der Waals surface area contributed by atoms with Crippen LogP contribution in [-0.2, 0) is 7.05 Å². The van der Waals surface area contributed by atoms with Gasteiger partial charge in [-0.2, -0.15) is 4.98 Å². The molecule has 3 aromatic heterocycles. The Hall–Kier alpha value is -2.82. The van der Waals surface area contributed by atoms with Crippen LogP contribution in [0.25, 0.3) is 22.0 Å². The van der Waals surface area contributed by atoms with Gasteiger partial charge in [0.15, 0.2) is 16.2 Å². The number of amides is 1. The first-order chi connectivity index (χ1) is 12.0. The van der Waals surface area contributed by atoms with Gasteiger partial charge in [0, 0.05) is 20.5 Å². The second-order valence-corrected chi connectivity index (χ2v) is 6.79. The predicted molar refractivity (Wildman–Crippen MR) is 87.4 cm³/mol. The molecule has 4 heterocycles. The predicted octanol–water partition coefficient (Wildman–Crippen LogP) is 1.56. The SMILES string of the molecule is Cc1nc(-c2nc3sc([C@H]4CCCN4C(=O)O)nc3c(=O)n2C)no1. The first kappa shape index (κ1) is 15.7. The number of carbonyl (C=O) groups is 1. The molecule has 0 spiro atoms. The van der Waals surface area contributed by atoms with Crippen molar-refractivity contribution in [1.29, 1.82) is 0 Å². The number of aromatic nitrogens is 5. The first-order valence-electron chi connectivity index (χ1n) is 7.63. The summed E-state index contributed by atoms with van der Waals surface area (Å²) in [7, 11) is 1.56. The third-order valence-corrected chi connectivity index (χ3v) is 5.22. The van der Waals surface area contributed by atoms with E-state index in [0.29, 0.717) is 28.7 Å². The molecular weight excluding hydrogens is 348 g/mol. The van der Waals surface area contributed by atoms with Gasteiger partial charge in [0.2, 0.25) is 11.7 Å². The van der Waals surface area contributed by atoms with Gasteiger partial charge in [-0.15, -0.1) is 0 Å². The normalized spacial score (nSPS) is 17.5. The Morgan fingerprint density at radius 2 is 2.16 bits per heavy atom. The summed E-state index contributed by atoms with van der Waals surface area (Å²) in [5, 5.41) is 13.7. The number of rotatable bonds is 2. The molecule has 1 aliphatic rings. The van der Waals surface area contributed by atoms with Gasteiger partial charge in [0.05, 0.1) is 6.04 Å². The van der Waals surface area contributed by atoms with Crippen molar-refractivity contribution in [2.45, 2.75) is 25.8 Å². The molecule has 0 aromatic carbocycles. The van der Waals surface area contributed by atoms with Gasteiger partial charge in [0.25, 0.3) is 5.56 Å². The van der Waals surface area contributed by atoms with E-state index in [4.69, 9.17) is 4.52 Å². The van der Waals surface area contributed by atoms with Crippen LogP contribution in [-0.4, -0.2) is 47.3 Å². The lowest BCUT2D eigenvalue weighted by Crippen LogP contribution is -2.28. The quantitative estimate of drug-likeness (QED) is 0.727. The number of hydrogen-bond acceptors (Lipinski definition) is 8. The molecule has 1 N–H and O–H groups in total. The Labute approximate surface area is 144 Å². The van der Waals surface area contributed by atoms with Crippen molar-refractivity contribution < 1.29 is 14.4 Å². The molecule has 3 aromatic rings. The van der Waals surface area contributed by atoms with Crippen molar-refractivity contribution in [2.24, 2.45) is 7.05 Å². The van der Waals surface area contributed by atoms with Crippen molar-refractivity contribution >= 4 is 27.8 Å². The molecule has 1 saturated heterocycles. The van der Waals surface area contributed by atoms with Crippen LogP contribution in [0.15, 0.2) is 9.32 Å². The summed E-state index contributed by atoms with van der Waals surface area (Å²) in [6, 6.07) is -0.336. The number of thiazole rings is 1. The highest BCUT2D eigenvalue weighted by Crippen LogP contribution is 2.35. The monoisotopic (exact) mass is 362 g/mol. The van der Waals surface area contributed by atoms with E-state index < -0.39 is 6.09 Å². The maximum Gasteiger partial charge on any atom is 0.407 e. The Kier molecular flexibility index (Phi) is 3.53. The summed E-state index contributed by atoms with van der Waals surface area (Å²) >= 11 is 1.23. The van der Waals surface area contributed by atoms with E-state index in [-0.39, 0.29) is 28.8 Å². The summed E-state index contributed by atoms with van der Waals surface area (Å²) < 4.78 is 6.27. The topological polar surface area (TPSA) is 127 Å². The summed E-state index contributed by atoms with van der Waals surface area (Å²) in [4.78, 5) is 38.7. The molecule has 1 amide bonds. The summed E-state index contributed by atoms with van der Waals surface area (Å²) in [5.41, 5.74) is -0.103. The maximum absolute atomic E-state index is 12.6. The van der Waals surface area contributed by atoms with Gasteiger partial charge >= 0.3 is 6.09 Å². The van der Waals surface area contributed by atoms with E-state index in [1.54, 1.807) is 14.0 Å². The van der Waals surface area contributed by atoms with Gasteiger partial charge in [0.1, 0.15) is 5.01 Å². The van der Waals surface area contributed by atoms with Crippen LogP contribution in [0.2, 0.25) is 0 Å². The van der Waals surface area contributed by atoms with Crippen molar-refractivity contribution in [1.82, 2.24) is 29.6 Å². The molecule has 0 unspecified atom stereocenters. The fourth-order valence-corrected chi connectivity index (χ4v) is 4.03. The van der Waals surface area contributed by atoms with Gasteiger partial charge in [-0.05, 0) is 12.8 Å². The number of likely N-dealkylation sites (tertiary alicyclic amines) is 1. The highest BCUT2D eigenvalue weighted by molar-refractivity contribution is 7.18. The Morgan fingerprint density at radius 3 is 2.84 bits per heavy atom. The number of nitrogens with zero attached hydrogens (tertiary/aromatic N) is 6. The largest absolute Gasteiger partial charge is 0.465 e. The van der Waals surface area contributed by atoms with Crippen LogP contribution in [0.5, 0.6) is 0 Å². The molecule has 0 radical (unpaired) electrons. The van der Waals surface area contributed by atoms with Crippen LogP contribution < -0.4 is 5.56 Å². The van der Waals surface area contributed by atoms with Crippen LogP contribution in [0.3, 0.4) is 0 Å². The molecule has 0 saturated carbocycles. The van der Waals surface area contributed by atoms with Crippen molar-refractivity contribution in [3.05, 3.63) is 21.3 Å². The van der Waals surface area contributed by atoms with E-state index >= 15 is 0 Å². The second kappa shape index (κ2) is 5.62. The van der Waals surface area contributed by atoms with E-state index in [2.05, 4.69) is 20.1 Å². The molecule has 1 fully saturated rings. The fraction of sp³-hybridized carbons (Fsp3) is 0.429. The zero-order valence-corrected chi connectivity index (χ0v) is 14.3. The van der Waals surface area contributed by atoms with Crippen LogP contribution >= 0.6 is 11.3 Å². The molecule has 1 aliphatic heterocycles. The van der Waals surface area contributed by atoms with Crippen LogP contribution in [0.1, 0.15) is 29.8 Å². The Morgan fingerprint density at radius 1 is 1.36 bits per heavy atom. The minimum absolute atomic E-state index is 0.224. The number of aryl methyl sites for hydroxylation is 1. The van der Waals surface area contributed by atoms with E-state index in [1.807, 2.05) is 0 Å². The Bertz CT molecular complexity index is 1040. The van der Waals surface area contributed by atoms with Crippen molar-refractivity contribution in [3.63, 3.8) is 0 Å². The number of hydrogen-bond donors (Lipinski definition) is 1. The molecule has 11 heteroatoms. The molecular formula is C14H14N6O4S. The van der Waals surface area contributed by atoms with E-state index in [1.165, 1.54) is 20.8 Å². The summed E-state index contributed by atoms with van der Waals surface area (Å²) in [6.45, 7) is 2.12. The third kappa shape index (κ3) is 2.47. The minimum atomic E-state index is -0.981. The average Bonchev–Trinajstić information content (AvgIpc) is 3.28. The molecule has 10 nitrogen and oxygen atoms in total. The fourth-order valence-electron chi connectivity index (χ4n) is 2.95. The highest BCUT2D eigenvalue weighted by Gasteiger charge is 2.33. The van der Waals surface area contributed by atoms with Crippen LogP contribution in [0.4, 0.5) is 4.79 Å². The molecule has 25 heavy (non-hydrogen) atoms. The molecule has 130 valence electrons. The zero-order valence-electron chi connectivity index (χ0n) is 13.5. The summed E-state index contributed by atoms with van der Waals surface area (Å²) in [6.07, 6.45) is 0.472. The van der Waals surface area contributed by atoms with Crippen molar-refractivity contribution in [3.8, 4) is 11.6 Å². The summed E-state index contributed by atoms with van der Waals surface area (Å²) in [5.74, 6) is 0.880. The number of fused-ring (bicyclic) bond motifs is 1. The highest BCUT2D eigenvalue weighted by atomic mass is 32.1. The first-order valence-corrected chi connectivity index (χ1v) is 8.45. The number of carboxylic acid groups (broad SMARTS) is 1. The molecule has 0 bridgehead atoms. The lowest BCUT2D eigenvalue weighted by Gasteiger charge is -2.18. The lowest BCUT2D eigenvalue weighted by molar-refractivity contribution is 0.140. The molecule has 4 rings (SSSR count). The average molecular weight is 362 g/mol. The van der Waals surface area contributed by atoms with Gasteiger partial charge in [-0.1, -0.05) is 16.5 Å².